The molecule has 2 aromatic heterocycles. The minimum Gasteiger partial charge on any atom is -0.484 e. The molecule has 0 amide bonds. The van der Waals surface area contributed by atoms with E-state index in [0.29, 0.717) is 17.6 Å². The third kappa shape index (κ3) is 2.90. The topological polar surface area (TPSA) is 90.1 Å². The average Bonchev–Trinajstić information content (AvgIpc) is 3.02. The summed E-state index contributed by atoms with van der Waals surface area (Å²) in [5.74, 6) is 0.318. The second kappa shape index (κ2) is 5.44. The lowest BCUT2D eigenvalue weighted by Gasteiger charge is -2.05. The molecule has 0 bridgehead atoms. The number of rotatable bonds is 6. The Balaban J connectivity index is 1.77. The zero-order valence-electron chi connectivity index (χ0n) is 11.8. The van der Waals surface area contributed by atoms with Crippen LogP contribution in [0.25, 0.3) is 0 Å². The smallest absolute Gasteiger partial charge is 0.349 e. The number of aromatic carboxylic acids is 1. The number of hydrogen-bond acceptors (Lipinski definition) is 6. The summed E-state index contributed by atoms with van der Waals surface area (Å²) in [5.41, 5.74) is 0. The number of carboxylic acid groups (broad SMARTS) is 1. The van der Waals surface area contributed by atoms with Crippen LogP contribution in [-0.4, -0.2) is 31.3 Å². The van der Waals surface area contributed by atoms with Crippen LogP contribution in [0.15, 0.2) is 6.07 Å². The van der Waals surface area contributed by atoms with Gasteiger partial charge >= 0.3 is 5.97 Å². The monoisotopic (exact) mass is 308 g/mol. The molecule has 21 heavy (non-hydrogen) atoms. The van der Waals surface area contributed by atoms with Crippen molar-refractivity contribution in [2.45, 2.75) is 45.3 Å². The van der Waals surface area contributed by atoms with Crippen LogP contribution in [0.2, 0.25) is 0 Å². The van der Waals surface area contributed by atoms with Gasteiger partial charge in [0.2, 0.25) is 0 Å². The molecule has 0 saturated heterocycles. The van der Waals surface area contributed by atoms with Gasteiger partial charge in [-0.3, -0.25) is 0 Å². The first-order valence-electron chi connectivity index (χ1n) is 6.82. The van der Waals surface area contributed by atoms with Crippen molar-refractivity contribution in [3.63, 3.8) is 0 Å². The molecule has 7 nitrogen and oxygen atoms in total. The Morgan fingerprint density at radius 3 is 2.95 bits per heavy atom. The maximum atomic E-state index is 11.3. The molecule has 1 aliphatic rings. The molecule has 1 N–H and O–H groups in total. The Morgan fingerprint density at radius 1 is 1.57 bits per heavy atom. The van der Waals surface area contributed by atoms with Crippen molar-refractivity contribution in [2.75, 3.05) is 0 Å². The summed E-state index contributed by atoms with van der Waals surface area (Å²) in [5, 5.41) is 20.8. The van der Waals surface area contributed by atoms with E-state index < -0.39 is 5.97 Å². The Hall–Kier alpha value is -1.96. The Labute approximate surface area is 125 Å². The highest BCUT2D eigenvalue weighted by molar-refractivity contribution is 7.14. The Kier molecular flexibility index (Phi) is 3.62. The Morgan fingerprint density at radius 2 is 2.33 bits per heavy atom. The van der Waals surface area contributed by atoms with E-state index in [1.807, 2.05) is 13.8 Å². The minimum atomic E-state index is -0.969. The summed E-state index contributed by atoms with van der Waals surface area (Å²) >= 11 is 1.25. The van der Waals surface area contributed by atoms with Gasteiger partial charge in [0.25, 0.3) is 0 Å². The molecule has 0 aromatic carbocycles. The molecule has 2 aromatic rings. The number of tetrazole rings is 1. The van der Waals surface area contributed by atoms with Crippen LogP contribution < -0.4 is 4.74 Å². The molecule has 112 valence electrons. The number of carbonyl (C=O) groups is 1. The van der Waals surface area contributed by atoms with Crippen LogP contribution in [0, 0.1) is 0 Å². The van der Waals surface area contributed by atoms with E-state index in [-0.39, 0.29) is 17.4 Å². The first-order valence-corrected chi connectivity index (χ1v) is 7.64. The highest BCUT2D eigenvalue weighted by Crippen LogP contribution is 2.36. The van der Waals surface area contributed by atoms with E-state index in [2.05, 4.69) is 15.5 Å². The lowest BCUT2D eigenvalue weighted by molar-refractivity contribution is 0.0697. The lowest BCUT2D eigenvalue weighted by Crippen LogP contribution is -2.08. The molecule has 0 unspecified atom stereocenters. The first kappa shape index (κ1) is 14.0. The molecule has 1 aliphatic carbocycles. The van der Waals surface area contributed by atoms with Crippen molar-refractivity contribution < 1.29 is 14.6 Å². The third-order valence-corrected chi connectivity index (χ3v) is 4.70. The van der Waals surface area contributed by atoms with E-state index in [4.69, 9.17) is 4.74 Å². The second-order valence-electron chi connectivity index (χ2n) is 5.36. The summed E-state index contributed by atoms with van der Waals surface area (Å²) < 4.78 is 7.42. The van der Waals surface area contributed by atoms with Crippen molar-refractivity contribution in [3.05, 3.63) is 21.6 Å². The number of aromatic nitrogens is 4. The molecule has 0 aliphatic heterocycles. The predicted molar refractivity (Wildman–Crippen MR) is 75.8 cm³/mol. The van der Waals surface area contributed by atoms with Crippen molar-refractivity contribution in [2.24, 2.45) is 0 Å². The van der Waals surface area contributed by atoms with Crippen molar-refractivity contribution in [3.8, 4) is 5.75 Å². The molecule has 2 heterocycles. The number of hydrogen-bond donors (Lipinski definition) is 1. The van der Waals surface area contributed by atoms with E-state index >= 15 is 0 Å². The SMILES string of the molecule is CC(C)c1cc(OCc2nnnn2C2CC2)c(C(=O)O)s1. The Bertz CT molecular complexity index is 660. The highest BCUT2D eigenvalue weighted by atomic mass is 32.1. The van der Waals surface area contributed by atoms with Gasteiger partial charge in [0, 0.05) is 4.88 Å². The van der Waals surface area contributed by atoms with Gasteiger partial charge in [-0.1, -0.05) is 13.8 Å². The van der Waals surface area contributed by atoms with Crippen LogP contribution in [0.1, 0.15) is 59.0 Å². The number of nitrogens with zero attached hydrogens (tertiary/aromatic N) is 4. The van der Waals surface area contributed by atoms with Gasteiger partial charge in [0.1, 0.15) is 12.4 Å². The fraction of sp³-hybridized carbons (Fsp3) is 0.538. The standard InChI is InChI=1S/C13H16N4O3S/c1-7(2)10-5-9(12(21-10)13(18)19)20-6-11-14-15-16-17(11)8-3-4-8/h5,7-8H,3-4,6H2,1-2H3,(H,18,19). The highest BCUT2D eigenvalue weighted by Gasteiger charge is 2.28. The van der Waals surface area contributed by atoms with E-state index in [0.717, 1.165) is 17.7 Å². The second-order valence-corrected chi connectivity index (χ2v) is 6.45. The van der Waals surface area contributed by atoms with Gasteiger partial charge in [-0.25, -0.2) is 9.48 Å². The fourth-order valence-corrected chi connectivity index (χ4v) is 2.93. The zero-order valence-corrected chi connectivity index (χ0v) is 12.6. The fourth-order valence-electron chi connectivity index (χ4n) is 1.99. The van der Waals surface area contributed by atoms with Crippen LogP contribution in [-0.2, 0) is 6.61 Å². The molecule has 0 atom stereocenters. The third-order valence-electron chi connectivity index (χ3n) is 3.29. The molecule has 0 spiro atoms. The summed E-state index contributed by atoms with van der Waals surface area (Å²) in [6.45, 7) is 4.22. The molecule has 0 radical (unpaired) electrons. The summed E-state index contributed by atoms with van der Waals surface area (Å²) in [6, 6.07) is 2.16. The molecule has 1 fully saturated rings. The van der Waals surface area contributed by atoms with Crippen LogP contribution in [0.5, 0.6) is 5.75 Å². The van der Waals surface area contributed by atoms with Crippen LogP contribution in [0.3, 0.4) is 0 Å². The van der Waals surface area contributed by atoms with Crippen molar-refractivity contribution >= 4 is 17.3 Å². The molecule has 3 rings (SSSR count). The van der Waals surface area contributed by atoms with Crippen molar-refractivity contribution in [1.82, 2.24) is 20.2 Å². The summed E-state index contributed by atoms with van der Waals surface area (Å²) in [6.07, 6.45) is 2.16. The largest absolute Gasteiger partial charge is 0.484 e. The molecular weight excluding hydrogens is 292 g/mol. The first-order chi connectivity index (χ1) is 10.1. The van der Waals surface area contributed by atoms with Crippen LogP contribution >= 0.6 is 11.3 Å². The summed E-state index contributed by atoms with van der Waals surface area (Å²) in [7, 11) is 0. The van der Waals surface area contributed by atoms with Crippen molar-refractivity contribution in [1.29, 1.82) is 0 Å². The molecule has 1 saturated carbocycles. The van der Waals surface area contributed by atoms with Gasteiger partial charge in [0.15, 0.2) is 10.7 Å². The van der Waals surface area contributed by atoms with E-state index in [1.54, 1.807) is 10.7 Å². The number of carboxylic acids is 1. The number of thiophene rings is 1. The van der Waals surface area contributed by atoms with E-state index in [1.165, 1.54) is 11.3 Å². The quantitative estimate of drug-likeness (QED) is 0.881. The van der Waals surface area contributed by atoms with Gasteiger partial charge in [-0.05, 0) is 35.3 Å². The normalized spacial score (nSPS) is 14.6. The molecule has 8 heteroatoms. The maximum absolute atomic E-state index is 11.3. The predicted octanol–water partition coefficient (Wildman–Crippen LogP) is 2.47. The van der Waals surface area contributed by atoms with Gasteiger partial charge < -0.3 is 9.84 Å². The molecular formula is C13H16N4O3S. The minimum absolute atomic E-state index is 0.179. The maximum Gasteiger partial charge on any atom is 0.349 e. The van der Waals surface area contributed by atoms with Gasteiger partial charge in [-0.2, -0.15) is 0 Å². The lowest BCUT2D eigenvalue weighted by atomic mass is 10.2. The zero-order chi connectivity index (χ0) is 15.0. The summed E-state index contributed by atoms with van der Waals surface area (Å²) in [4.78, 5) is 12.5. The van der Waals surface area contributed by atoms with Gasteiger partial charge in [-0.15, -0.1) is 16.4 Å². The average molecular weight is 308 g/mol. The van der Waals surface area contributed by atoms with Crippen LogP contribution in [0.4, 0.5) is 0 Å². The van der Waals surface area contributed by atoms with E-state index in [9.17, 15) is 9.90 Å². The number of ether oxygens (including phenoxy) is 1. The van der Waals surface area contributed by atoms with Gasteiger partial charge in [0.05, 0.1) is 6.04 Å².